The van der Waals surface area contributed by atoms with Crippen LogP contribution >= 0.6 is 0 Å². The molecule has 2 amide bonds. The van der Waals surface area contributed by atoms with Crippen LogP contribution in [-0.2, 0) is 16.6 Å². The smallest absolute Gasteiger partial charge is 0.311 e. The molecular weight excluding hydrogens is 562 g/mol. The molecule has 12 heteroatoms. The Labute approximate surface area is 256 Å². The molecule has 2 aromatic carbocycles. The van der Waals surface area contributed by atoms with Crippen molar-refractivity contribution >= 4 is 28.9 Å². The van der Waals surface area contributed by atoms with Crippen molar-refractivity contribution in [2.45, 2.75) is 31.6 Å². The first-order valence-electron chi connectivity index (χ1n) is 15.3. The van der Waals surface area contributed by atoms with Crippen molar-refractivity contribution in [1.82, 2.24) is 20.0 Å². The number of nitrogens with one attached hydrogen (secondary N) is 1. The molecule has 1 aromatic heterocycles. The van der Waals surface area contributed by atoms with E-state index < -0.39 is 4.92 Å². The molecule has 0 saturated carbocycles. The summed E-state index contributed by atoms with van der Waals surface area (Å²) in [6.45, 7) is 6.72. The van der Waals surface area contributed by atoms with Crippen molar-refractivity contribution in [3.8, 4) is 16.9 Å². The maximum atomic E-state index is 12.2. The summed E-state index contributed by atoms with van der Waals surface area (Å²) >= 11 is 0. The highest BCUT2D eigenvalue weighted by molar-refractivity contribution is 6.01. The average molecular weight is 602 g/mol. The SMILES string of the molecule is COc1cc(N2CCC(CN3CCN(c4ccc(C5CCC(=O)NC5=O)cc4)CC3)CC2)c(-c2cnn(C)c2)cc1[N+](=O)[O-]. The molecule has 0 bridgehead atoms. The Kier molecular flexibility index (Phi) is 8.51. The normalized spacial score (nSPS) is 20.1. The molecule has 0 radical (unpaired) electrons. The van der Waals surface area contributed by atoms with Gasteiger partial charge >= 0.3 is 5.69 Å². The van der Waals surface area contributed by atoms with Crippen molar-refractivity contribution < 1.29 is 19.2 Å². The van der Waals surface area contributed by atoms with Gasteiger partial charge in [-0.15, -0.1) is 0 Å². The molecule has 1 unspecified atom stereocenters. The van der Waals surface area contributed by atoms with Crippen LogP contribution in [0, 0.1) is 16.0 Å². The van der Waals surface area contributed by atoms with Crippen molar-refractivity contribution in [3.05, 3.63) is 64.5 Å². The molecule has 12 nitrogen and oxygen atoms in total. The van der Waals surface area contributed by atoms with E-state index in [0.29, 0.717) is 18.8 Å². The first-order chi connectivity index (χ1) is 21.3. The van der Waals surface area contributed by atoms with E-state index in [2.05, 4.69) is 37.2 Å². The van der Waals surface area contributed by atoms with Crippen LogP contribution < -0.4 is 19.9 Å². The summed E-state index contributed by atoms with van der Waals surface area (Å²) < 4.78 is 7.12. The first-order valence-corrected chi connectivity index (χ1v) is 15.3. The lowest BCUT2D eigenvalue weighted by Gasteiger charge is -2.40. The second-order valence-corrected chi connectivity index (χ2v) is 12.0. The number of hydrogen-bond donors (Lipinski definition) is 1. The van der Waals surface area contributed by atoms with Crippen LogP contribution in [0.3, 0.4) is 0 Å². The third-order valence-corrected chi connectivity index (χ3v) is 9.25. The van der Waals surface area contributed by atoms with E-state index in [1.54, 1.807) is 23.0 Å². The molecule has 0 aliphatic carbocycles. The fourth-order valence-electron chi connectivity index (χ4n) is 6.76. The van der Waals surface area contributed by atoms with Gasteiger partial charge in [0.25, 0.3) is 0 Å². The summed E-state index contributed by atoms with van der Waals surface area (Å²) in [5, 5.41) is 18.5. The number of ether oxygens (including phenoxy) is 1. The third kappa shape index (κ3) is 6.26. The largest absolute Gasteiger partial charge is 0.490 e. The first kappa shape index (κ1) is 29.6. The van der Waals surface area contributed by atoms with Crippen LogP contribution in [-0.4, -0.2) is 84.3 Å². The monoisotopic (exact) mass is 601 g/mol. The zero-order chi connectivity index (χ0) is 30.8. The Hall–Kier alpha value is -4.45. The Morgan fingerprint density at radius 2 is 1.73 bits per heavy atom. The van der Waals surface area contributed by atoms with Crippen LogP contribution in [0.25, 0.3) is 11.1 Å². The maximum absolute atomic E-state index is 12.2. The minimum atomic E-state index is -0.398. The molecule has 0 spiro atoms. The molecule has 6 rings (SSSR count). The lowest BCUT2D eigenvalue weighted by Crippen LogP contribution is -2.49. The number of aryl methyl sites for hydroxylation is 1. The van der Waals surface area contributed by atoms with Crippen LogP contribution in [0.1, 0.15) is 37.2 Å². The van der Waals surface area contributed by atoms with Gasteiger partial charge < -0.3 is 14.5 Å². The highest BCUT2D eigenvalue weighted by atomic mass is 16.6. The van der Waals surface area contributed by atoms with Crippen molar-refractivity contribution in [3.63, 3.8) is 0 Å². The van der Waals surface area contributed by atoms with Gasteiger partial charge in [-0.3, -0.25) is 34.6 Å². The number of rotatable bonds is 8. The van der Waals surface area contributed by atoms with Gasteiger partial charge in [0, 0.05) is 100 Å². The Morgan fingerprint density at radius 3 is 2.34 bits per heavy atom. The van der Waals surface area contributed by atoms with Crippen LogP contribution in [0.5, 0.6) is 5.75 Å². The van der Waals surface area contributed by atoms with E-state index >= 15 is 0 Å². The Bertz CT molecular complexity index is 1520. The van der Waals surface area contributed by atoms with E-state index in [1.165, 1.54) is 7.11 Å². The predicted octanol–water partition coefficient (Wildman–Crippen LogP) is 3.56. The van der Waals surface area contributed by atoms with Gasteiger partial charge in [-0.25, -0.2) is 0 Å². The third-order valence-electron chi connectivity index (χ3n) is 9.25. The number of aromatic nitrogens is 2. The van der Waals surface area contributed by atoms with E-state index in [0.717, 1.165) is 86.7 Å². The number of piperidine rings is 2. The fraction of sp³-hybridized carbons (Fsp3) is 0.469. The van der Waals surface area contributed by atoms with Gasteiger partial charge in [-0.1, -0.05) is 12.1 Å². The molecule has 232 valence electrons. The number of hydrogen-bond acceptors (Lipinski definition) is 9. The Morgan fingerprint density at radius 1 is 1.00 bits per heavy atom. The summed E-state index contributed by atoms with van der Waals surface area (Å²) in [6, 6.07) is 11.6. The van der Waals surface area contributed by atoms with E-state index in [1.807, 2.05) is 25.4 Å². The molecule has 44 heavy (non-hydrogen) atoms. The summed E-state index contributed by atoms with van der Waals surface area (Å²) in [5.41, 5.74) is 4.66. The van der Waals surface area contributed by atoms with Crippen LogP contribution in [0.4, 0.5) is 17.1 Å². The summed E-state index contributed by atoms with van der Waals surface area (Å²) in [6.07, 6.45) is 6.68. The number of anilines is 2. The number of methoxy groups -OCH3 is 1. The van der Waals surface area contributed by atoms with Gasteiger partial charge in [-0.2, -0.15) is 5.10 Å². The highest BCUT2D eigenvalue weighted by Crippen LogP contribution is 2.41. The number of amides is 2. The maximum Gasteiger partial charge on any atom is 0.311 e. The minimum Gasteiger partial charge on any atom is -0.490 e. The summed E-state index contributed by atoms with van der Waals surface area (Å²) in [7, 11) is 3.31. The lowest BCUT2D eigenvalue weighted by atomic mass is 9.90. The molecule has 3 fully saturated rings. The van der Waals surface area contributed by atoms with Crippen molar-refractivity contribution in [1.29, 1.82) is 0 Å². The molecule has 3 aliphatic rings. The molecule has 3 aliphatic heterocycles. The lowest BCUT2D eigenvalue weighted by molar-refractivity contribution is -0.385. The molecule has 1 N–H and O–H groups in total. The zero-order valence-electron chi connectivity index (χ0n) is 25.3. The highest BCUT2D eigenvalue weighted by Gasteiger charge is 2.30. The Balaban J connectivity index is 1.03. The van der Waals surface area contributed by atoms with Crippen LogP contribution in [0.15, 0.2) is 48.8 Å². The van der Waals surface area contributed by atoms with Gasteiger partial charge in [0.1, 0.15) is 0 Å². The number of carbonyl (C=O) groups excluding carboxylic acids is 2. The molecule has 3 saturated heterocycles. The summed E-state index contributed by atoms with van der Waals surface area (Å²) in [5.74, 6) is 0.214. The zero-order valence-corrected chi connectivity index (χ0v) is 25.3. The van der Waals surface area contributed by atoms with E-state index in [4.69, 9.17) is 4.74 Å². The average Bonchev–Trinajstić information content (AvgIpc) is 3.47. The topological polar surface area (TPSA) is 126 Å². The van der Waals surface area contributed by atoms with Crippen molar-refractivity contribution in [2.24, 2.45) is 13.0 Å². The number of nitrogens with zero attached hydrogens (tertiary/aromatic N) is 6. The molecule has 3 aromatic rings. The number of carbonyl (C=O) groups is 2. The molecule has 1 atom stereocenters. The number of piperazine rings is 1. The molecule has 4 heterocycles. The second-order valence-electron chi connectivity index (χ2n) is 12.0. The number of benzene rings is 2. The number of nitro benzene ring substituents is 1. The van der Waals surface area contributed by atoms with Gasteiger partial charge in [0.05, 0.1) is 24.1 Å². The van der Waals surface area contributed by atoms with Gasteiger partial charge in [0.15, 0.2) is 5.75 Å². The minimum absolute atomic E-state index is 0.0469. The van der Waals surface area contributed by atoms with Crippen molar-refractivity contribution in [2.75, 3.05) is 62.7 Å². The number of imide groups is 1. The predicted molar refractivity (Wildman–Crippen MR) is 167 cm³/mol. The van der Waals surface area contributed by atoms with Gasteiger partial charge in [0.2, 0.25) is 11.8 Å². The van der Waals surface area contributed by atoms with E-state index in [9.17, 15) is 19.7 Å². The second kappa shape index (κ2) is 12.7. The summed E-state index contributed by atoms with van der Waals surface area (Å²) in [4.78, 5) is 42.3. The van der Waals surface area contributed by atoms with E-state index in [-0.39, 0.29) is 29.2 Å². The quantitative estimate of drug-likeness (QED) is 0.234. The van der Waals surface area contributed by atoms with Gasteiger partial charge in [-0.05, 0) is 42.9 Å². The fourth-order valence-corrected chi connectivity index (χ4v) is 6.76. The number of nitro groups is 1. The molecular formula is C32H39N7O5. The van der Waals surface area contributed by atoms with Crippen LogP contribution in [0.2, 0.25) is 0 Å². The standard InChI is InChI=1S/C32H39N7O5/c1-35-21-24(19-33-35)27-17-29(39(42)43)30(44-2)18-28(27)38-11-9-22(10-12-38)20-36-13-15-37(16-14-36)25-5-3-23(4-6-25)26-7-8-31(40)34-32(26)41/h3-6,17-19,21-22,26H,7-16,20H2,1-2H3,(H,34,40,41).